The zero-order chi connectivity index (χ0) is 13.5. The summed E-state index contributed by atoms with van der Waals surface area (Å²) in [5, 5.41) is 11.3. The van der Waals surface area contributed by atoms with Crippen molar-refractivity contribution in [1.29, 1.82) is 0 Å². The average molecular weight is 253 g/mol. The van der Waals surface area contributed by atoms with E-state index in [1.54, 1.807) is 0 Å². The third-order valence-electron chi connectivity index (χ3n) is 2.33. The number of nitrogens with two attached hydrogens (primary N) is 1. The molecule has 98 valence electrons. The van der Waals surface area contributed by atoms with Crippen LogP contribution in [-0.4, -0.2) is 34.9 Å². The Hall–Kier alpha value is -2.11. The van der Waals surface area contributed by atoms with E-state index in [9.17, 15) is 9.18 Å². The van der Waals surface area contributed by atoms with E-state index in [0.29, 0.717) is 6.54 Å². The first-order valence-electron chi connectivity index (χ1n) is 5.59. The second-order valence-corrected chi connectivity index (χ2v) is 3.83. The van der Waals surface area contributed by atoms with Gasteiger partial charge in [0, 0.05) is 12.1 Å². The van der Waals surface area contributed by atoms with Crippen molar-refractivity contribution in [3.05, 3.63) is 35.6 Å². The number of benzene rings is 1. The lowest BCUT2D eigenvalue weighted by atomic mass is 10.2. The number of carbonyl (C=O) groups excluding carboxylic acids is 1. The largest absolute Gasteiger partial charge is 0.409 e. The van der Waals surface area contributed by atoms with Crippen molar-refractivity contribution >= 4 is 11.7 Å². The second kappa shape index (κ2) is 6.58. The van der Waals surface area contributed by atoms with E-state index in [-0.39, 0.29) is 23.9 Å². The number of hydrogen-bond acceptors (Lipinski definition) is 3. The van der Waals surface area contributed by atoms with Crippen molar-refractivity contribution < 1.29 is 14.4 Å². The number of oxime groups is 1. The molecule has 0 spiro atoms. The minimum Gasteiger partial charge on any atom is -0.409 e. The molecule has 1 amide bonds. The summed E-state index contributed by atoms with van der Waals surface area (Å²) in [5.74, 6) is -0.878. The van der Waals surface area contributed by atoms with Crippen LogP contribution in [0.1, 0.15) is 23.7 Å². The maximum Gasteiger partial charge on any atom is 0.254 e. The summed E-state index contributed by atoms with van der Waals surface area (Å²) in [6.07, 6.45) is 0.722. The van der Waals surface area contributed by atoms with E-state index in [4.69, 9.17) is 10.9 Å². The fraction of sp³-hybridized carbons (Fsp3) is 0.333. The van der Waals surface area contributed by atoms with Crippen LogP contribution in [0.2, 0.25) is 0 Å². The summed E-state index contributed by atoms with van der Waals surface area (Å²) >= 11 is 0. The number of carbonyl (C=O) groups is 1. The Labute approximate surface area is 105 Å². The number of amidine groups is 1. The molecule has 0 aliphatic rings. The van der Waals surface area contributed by atoms with Crippen molar-refractivity contribution in [3.8, 4) is 0 Å². The van der Waals surface area contributed by atoms with Gasteiger partial charge in [-0.2, -0.15) is 0 Å². The summed E-state index contributed by atoms with van der Waals surface area (Å²) in [6.45, 7) is 2.36. The molecule has 5 nitrogen and oxygen atoms in total. The molecule has 0 radical (unpaired) electrons. The van der Waals surface area contributed by atoms with Gasteiger partial charge in [0.2, 0.25) is 0 Å². The lowest BCUT2D eigenvalue weighted by Gasteiger charge is -2.21. The van der Waals surface area contributed by atoms with Gasteiger partial charge in [-0.3, -0.25) is 4.79 Å². The normalized spacial score (nSPS) is 11.3. The van der Waals surface area contributed by atoms with Gasteiger partial charge >= 0.3 is 0 Å². The number of nitrogens with zero attached hydrogens (tertiary/aromatic N) is 2. The Morgan fingerprint density at radius 3 is 2.83 bits per heavy atom. The van der Waals surface area contributed by atoms with Crippen LogP contribution >= 0.6 is 0 Å². The first kappa shape index (κ1) is 14.0. The minimum absolute atomic E-state index is 0.0136. The quantitative estimate of drug-likeness (QED) is 0.360. The van der Waals surface area contributed by atoms with Crippen molar-refractivity contribution in [2.75, 3.05) is 13.1 Å². The van der Waals surface area contributed by atoms with Crippen LogP contribution in [0.3, 0.4) is 0 Å². The summed E-state index contributed by atoms with van der Waals surface area (Å²) in [4.78, 5) is 13.5. The third kappa shape index (κ3) is 3.73. The topological polar surface area (TPSA) is 78.9 Å². The average Bonchev–Trinajstić information content (AvgIpc) is 2.37. The standard InChI is InChI=1S/C12H16FN3O2/c1-2-6-16(8-11(14)15-18)12(17)9-4-3-5-10(13)7-9/h3-5,7,18H,2,6,8H2,1H3,(H2,14,15). The highest BCUT2D eigenvalue weighted by Gasteiger charge is 2.16. The monoisotopic (exact) mass is 253 g/mol. The molecular weight excluding hydrogens is 237 g/mol. The summed E-state index contributed by atoms with van der Waals surface area (Å²) in [6, 6.07) is 5.43. The second-order valence-electron chi connectivity index (χ2n) is 3.83. The molecule has 1 aromatic carbocycles. The molecule has 0 aliphatic carbocycles. The molecule has 1 aromatic rings. The highest BCUT2D eigenvalue weighted by atomic mass is 19.1. The zero-order valence-electron chi connectivity index (χ0n) is 10.1. The van der Waals surface area contributed by atoms with E-state index >= 15 is 0 Å². The van der Waals surface area contributed by atoms with Gasteiger partial charge in [-0.25, -0.2) is 4.39 Å². The Morgan fingerprint density at radius 1 is 1.56 bits per heavy atom. The van der Waals surface area contributed by atoms with Crippen LogP contribution in [0.4, 0.5) is 4.39 Å². The predicted octanol–water partition coefficient (Wildman–Crippen LogP) is 1.42. The molecule has 0 aliphatic heterocycles. The maximum absolute atomic E-state index is 13.0. The van der Waals surface area contributed by atoms with Crippen LogP contribution in [0.15, 0.2) is 29.4 Å². The molecule has 18 heavy (non-hydrogen) atoms. The molecule has 0 atom stereocenters. The predicted molar refractivity (Wildman–Crippen MR) is 66.0 cm³/mol. The van der Waals surface area contributed by atoms with Crippen LogP contribution in [0.25, 0.3) is 0 Å². The van der Waals surface area contributed by atoms with Crippen molar-refractivity contribution in [3.63, 3.8) is 0 Å². The Balaban J connectivity index is 2.88. The zero-order valence-corrected chi connectivity index (χ0v) is 10.1. The van der Waals surface area contributed by atoms with Crippen LogP contribution < -0.4 is 5.73 Å². The summed E-state index contributed by atoms with van der Waals surface area (Å²) in [7, 11) is 0. The molecule has 0 saturated heterocycles. The Kier molecular flexibility index (Phi) is 5.10. The van der Waals surface area contributed by atoms with Crippen molar-refractivity contribution in [1.82, 2.24) is 4.90 Å². The third-order valence-corrected chi connectivity index (χ3v) is 2.33. The fourth-order valence-corrected chi connectivity index (χ4v) is 1.55. The molecule has 0 bridgehead atoms. The molecule has 6 heteroatoms. The first-order chi connectivity index (χ1) is 8.58. The van der Waals surface area contributed by atoms with Gasteiger partial charge in [-0.15, -0.1) is 0 Å². The molecule has 1 rings (SSSR count). The fourth-order valence-electron chi connectivity index (χ4n) is 1.55. The molecule has 0 heterocycles. The highest BCUT2D eigenvalue weighted by molar-refractivity contribution is 5.97. The summed E-state index contributed by atoms with van der Waals surface area (Å²) < 4.78 is 13.0. The first-order valence-corrected chi connectivity index (χ1v) is 5.59. The van der Waals surface area contributed by atoms with Gasteiger partial charge in [0.25, 0.3) is 5.91 Å². The smallest absolute Gasteiger partial charge is 0.254 e. The number of hydrogen-bond donors (Lipinski definition) is 2. The molecule has 0 saturated carbocycles. The van der Waals surface area contributed by atoms with E-state index in [0.717, 1.165) is 12.5 Å². The molecule has 0 unspecified atom stereocenters. The number of amides is 1. The number of halogens is 1. The van der Waals surface area contributed by atoms with Gasteiger partial charge < -0.3 is 15.8 Å². The molecular formula is C12H16FN3O2. The minimum atomic E-state index is -0.471. The maximum atomic E-state index is 13.0. The van der Waals surface area contributed by atoms with E-state index in [2.05, 4.69) is 5.16 Å². The molecule has 0 aromatic heterocycles. The van der Waals surface area contributed by atoms with E-state index in [1.807, 2.05) is 6.92 Å². The van der Waals surface area contributed by atoms with Gasteiger partial charge in [-0.1, -0.05) is 18.1 Å². The van der Waals surface area contributed by atoms with Crippen LogP contribution in [-0.2, 0) is 0 Å². The van der Waals surface area contributed by atoms with Gasteiger partial charge in [0.05, 0.1) is 6.54 Å². The van der Waals surface area contributed by atoms with Crippen LogP contribution in [0.5, 0.6) is 0 Å². The Morgan fingerprint density at radius 2 is 2.28 bits per heavy atom. The SMILES string of the molecule is CCCN(CC(N)=NO)C(=O)c1cccc(F)c1. The van der Waals surface area contributed by atoms with E-state index < -0.39 is 5.82 Å². The number of rotatable bonds is 5. The lowest BCUT2D eigenvalue weighted by Crippen LogP contribution is -2.39. The summed E-state index contributed by atoms with van der Waals surface area (Å²) in [5.41, 5.74) is 5.63. The Bertz CT molecular complexity index is 449. The van der Waals surface area contributed by atoms with Gasteiger partial charge in [0.1, 0.15) is 5.82 Å². The van der Waals surface area contributed by atoms with E-state index in [1.165, 1.54) is 23.1 Å². The van der Waals surface area contributed by atoms with Crippen LogP contribution in [0, 0.1) is 5.82 Å². The lowest BCUT2D eigenvalue weighted by molar-refractivity contribution is 0.0777. The van der Waals surface area contributed by atoms with Crippen molar-refractivity contribution in [2.45, 2.75) is 13.3 Å². The highest BCUT2D eigenvalue weighted by Crippen LogP contribution is 2.08. The van der Waals surface area contributed by atoms with Gasteiger partial charge in [-0.05, 0) is 24.6 Å². The molecule has 0 fully saturated rings. The van der Waals surface area contributed by atoms with Crippen molar-refractivity contribution in [2.24, 2.45) is 10.9 Å². The molecule has 3 N–H and O–H groups in total. The van der Waals surface area contributed by atoms with Gasteiger partial charge in [0.15, 0.2) is 5.84 Å².